The molecule has 0 saturated heterocycles. The van der Waals surface area contributed by atoms with Crippen molar-refractivity contribution in [3.8, 4) is 0 Å². The summed E-state index contributed by atoms with van der Waals surface area (Å²) in [5.74, 6) is 0.709. The molecular weight excluding hydrogens is 290 g/mol. The number of fused-ring (bicyclic) bond motifs is 1. The zero-order valence-corrected chi connectivity index (χ0v) is 14.0. The summed E-state index contributed by atoms with van der Waals surface area (Å²) in [6.45, 7) is 5.41. The van der Waals surface area contributed by atoms with Crippen molar-refractivity contribution in [2.24, 2.45) is 0 Å². The Kier molecular flexibility index (Phi) is 4.54. The maximum absolute atomic E-state index is 5.86. The Balaban J connectivity index is 1.98. The minimum Gasteiger partial charge on any atom is -0.345 e. The van der Waals surface area contributed by atoms with E-state index in [9.17, 15) is 0 Å². The monoisotopic (exact) mass is 310 g/mol. The van der Waals surface area contributed by atoms with Crippen LogP contribution in [0, 0.1) is 19.9 Å². The summed E-state index contributed by atoms with van der Waals surface area (Å²) < 4.78 is 2.40. The second kappa shape index (κ2) is 6.58. The fourth-order valence-electron chi connectivity index (χ4n) is 3.09. The van der Waals surface area contributed by atoms with Crippen LogP contribution < -0.4 is 0 Å². The van der Waals surface area contributed by atoms with Gasteiger partial charge in [-0.15, -0.1) is 11.6 Å². The summed E-state index contributed by atoms with van der Waals surface area (Å²) in [7, 11) is 0. The SMILES string of the molecule is Cc1c(C)n(CCCCl)c2ccc(Cc3c[c]ccc3)cc12. The van der Waals surface area contributed by atoms with Gasteiger partial charge in [0.1, 0.15) is 0 Å². The lowest BCUT2D eigenvalue weighted by Gasteiger charge is -2.07. The highest BCUT2D eigenvalue weighted by Gasteiger charge is 2.11. The highest BCUT2D eigenvalue weighted by Crippen LogP contribution is 2.27. The molecular formula is C20H21ClN. The summed E-state index contributed by atoms with van der Waals surface area (Å²) >= 11 is 5.86. The van der Waals surface area contributed by atoms with E-state index in [4.69, 9.17) is 11.6 Å². The van der Waals surface area contributed by atoms with Crippen LogP contribution in [-0.2, 0) is 13.0 Å². The van der Waals surface area contributed by atoms with E-state index in [1.807, 2.05) is 12.1 Å². The molecule has 0 fully saturated rings. The number of hydrogen-bond acceptors (Lipinski definition) is 0. The fraction of sp³-hybridized carbons (Fsp3) is 0.300. The molecule has 2 aromatic carbocycles. The number of benzene rings is 2. The molecule has 0 bridgehead atoms. The molecule has 0 unspecified atom stereocenters. The van der Waals surface area contributed by atoms with Crippen LogP contribution in [0.25, 0.3) is 10.9 Å². The van der Waals surface area contributed by atoms with Crippen molar-refractivity contribution in [3.63, 3.8) is 0 Å². The van der Waals surface area contributed by atoms with Gasteiger partial charge in [0.15, 0.2) is 0 Å². The second-order valence-electron chi connectivity index (χ2n) is 5.84. The van der Waals surface area contributed by atoms with Crippen molar-refractivity contribution < 1.29 is 0 Å². The van der Waals surface area contributed by atoms with Crippen LogP contribution in [-0.4, -0.2) is 10.4 Å². The van der Waals surface area contributed by atoms with E-state index in [0.717, 1.165) is 19.4 Å². The van der Waals surface area contributed by atoms with Gasteiger partial charge in [-0.1, -0.05) is 30.3 Å². The van der Waals surface area contributed by atoms with Crippen molar-refractivity contribution in [1.29, 1.82) is 0 Å². The van der Waals surface area contributed by atoms with Gasteiger partial charge in [0.05, 0.1) is 0 Å². The van der Waals surface area contributed by atoms with E-state index in [2.05, 4.69) is 54.8 Å². The molecule has 0 spiro atoms. The molecule has 1 aromatic heterocycles. The van der Waals surface area contributed by atoms with Gasteiger partial charge in [-0.3, -0.25) is 0 Å². The highest BCUT2D eigenvalue weighted by molar-refractivity contribution is 6.17. The molecule has 113 valence electrons. The van der Waals surface area contributed by atoms with Crippen molar-refractivity contribution in [1.82, 2.24) is 4.57 Å². The molecule has 1 radical (unpaired) electrons. The summed E-state index contributed by atoms with van der Waals surface area (Å²) in [5, 5.41) is 1.37. The predicted molar refractivity (Wildman–Crippen MR) is 94.8 cm³/mol. The number of aromatic nitrogens is 1. The maximum Gasteiger partial charge on any atom is 0.0485 e. The van der Waals surface area contributed by atoms with Gasteiger partial charge >= 0.3 is 0 Å². The number of nitrogens with zero attached hydrogens (tertiary/aromatic N) is 1. The van der Waals surface area contributed by atoms with Gasteiger partial charge in [0.25, 0.3) is 0 Å². The molecule has 22 heavy (non-hydrogen) atoms. The molecule has 0 aliphatic rings. The van der Waals surface area contributed by atoms with Crippen LogP contribution in [0.15, 0.2) is 42.5 Å². The Morgan fingerprint density at radius 1 is 1.14 bits per heavy atom. The summed E-state index contributed by atoms with van der Waals surface area (Å²) in [5.41, 5.74) is 6.71. The topological polar surface area (TPSA) is 4.93 Å². The smallest absolute Gasteiger partial charge is 0.0485 e. The van der Waals surface area contributed by atoms with Crippen LogP contribution >= 0.6 is 11.6 Å². The predicted octanol–water partition coefficient (Wildman–Crippen LogP) is 5.28. The number of aryl methyl sites for hydroxylation is 2. The zero-order chi connectivity index (χ0) is 15.5. The number of halogens is 1. The van der Waals surface area contributed by atoms with Gasteiger partial charge in [0.2, 0.25) is 0 Å². The van der Waals surface area contributed by atoms with Gasteiger partial charge in [-0.05, 0) is 61.6 Å². The van der Waals surface area contributed by atoms with Crippen LogP contribution in [0.5, 0.6) is 0 Å². The molecule has 0 aliphatic carbocycles. The quantitative estimate of drug-likeness (QED) is 0.565. The summed E-state index contributed by atoms with van der Waals surface area (Å²) in [4.78, 5) is 0. The van der Waals surface area contributed by atoms with Crippen LogP contribution in [0.4, 0.5) is 0 Å². The van der Waals surface area contributed by atoms with Crippen molar-refractivity contribution >= 4 is 22.5 Å². The van der Waals surface area contributed by atoms with Crippen molar-refractivity contribution in [2.45, 2.75) is 33.2 Å². The molecule has 0 aliphatic heterocycles. The van der Waals surface area contributed by atoms with Crippen molar-refractivity contribution in [3.05, 3.63) is 70.9 Å². The Morgan fingerprint density at radius 3 is 2.73 bits per heavy atom. The third-order valence-corrected chi connectivity index (χ3v) is 4.67. The first-order valence-electron chi connectivity index (χ1n) is 7.80. The molecule has 3 aromatic rings. The van der Waals surface area contributed by atoms with Crippen LogP contribution in [0.1, 0.15) is 28.8 Å². The minimum atomic E-state index is 0.709. The van der Waals surface area contributed by atoms with Gasteiger partial charge < -0.3 is 4.57 Å². The Hall–Kier alpha value is -1.73. The molecule has 0 N–H and O–H groups in total. The molecule has 3 rings (SSSR count). The van der Waals surface area contributed by atoms with E-state index >= 15 is 0 Å². The largest absolute Gasteiger partial charge is 0.345 e. The Labute approximate surface area is 137 Å². The molecule has 1 heterocycles. The maximum atomic E-state index is 5.86. The third kappa shape index (κ3) is 2.91. The number of alkyl halides is 1. The number of hydrogen-bond donors (Lipinski definition) is 0. The van der Waals surface area contributed by atoms with Gasteiger partial charge in [0, 0.05) is 29.0 Å². The first-order chi connectivity index (χ1) is 10.7. The average molecular weight is 311 g/mol. The molecule has 2 heteroatoms. The zero-order valence-electron chi connectivity index (χ0n) is 13.2. The second-order valence-corrected chi connectivity index (χ2v) is 6.22. The lowest BCUT2D eigenvalue weighted by Crippen LogP contribution is -2.00. The summed E-state index contributed by atoms with van der Waals surface area (Å²) in [6, 6.07) is 18.2. The standard InChI is InChI=1S/C20H21ClN/c1-15-16(2)22(12-6-11-21)20-10-9-18(14-19(15)20)13-17-7-4-3-5-8-17/h3-4,7-10,14H,6,11-13H2,1-2H3. The average Bonchev–Trinajstić information content (AvgIpc) is 2.78. The Morgan fingerprint density at radius 2 is 2.00 bits per heavy atom. The van der Waals surface area contributed by atoms with E-state index in [-0.39, 0.29) is 0 Å². The van der Waals surface area contributed by atoms with Crippen LogP contribution in [0.3, 0.4) is 0 Å². The lowest BCUT2D eigenvalue weighted by atomic mass is 10.0. The Bertz CT molecular complexity index is 771. The number of rotatable bonds is 5. The molecule has 0 amide bonds. The normalized spacial score (nSPS) is 11.2. The van der Waals surface area contributed by atoms with E-state index < -0.39 is 0 Å². The van der Waals surface area contributed by atoms with E-state index in [0.29, 0.717) is 5.88 Å². The molecule has 0 saturated carbocycles. The fourth-order valence-corrected chi connectivity index (χ4v) is 3.21. The van der Waals surface area contributed by atoms with Crippen molar-refractivity contribution in [2.75, 3.05) is 5.88 Å². The van der Waals surface area contributed by atoms with Gasteiger partial charge in [-0.2, -0.15) is 0 Å². The first-order valence-corrected chi connectivity index (χ1v) is 8.33. The van der Waals surface area contributed by atoms with E-state index in [1.165, 1.54) is 33.3 Å². The lowest BCUT2D eigenvalue weighted by molar-refractivity contribution is 0.687. The highest BCUT2D eigenvalue weighted by atomic mass is 35.5. The van der Waals surface area contributed by atoms with Gasteiger partial charge in [-0.25, -0.2) is 0 Å². The third-order valence-electron chi connectivity index (χ3n) is 4.40. The first kappa shape index (κ1) is 15.2. The summed E-state index contributed by atoms with van der Waals surface area (Å²) in [6.07, 6.45) is 1.96. The van der Waals surface area contributed by atoms with Crippen LogP contribution in [0.2, 0.25) is 0 Å². The molecule has 0 atom stereocenters. The molecule has 1 nitrogen and oxygen atoms in total. The minimum absolute atomic E-state index is 0.709. The van der Waals surface area contributed by atoms with E-state index in [1.54, 1.807) is 0 Å².